The Kier molecular flexibility index (Phi) is 12.3. The number of nitrogens with zero attached hydrogens (tertiary/aromatic N) is 7. The monoisotopic (exact) mass is 504 g/mol. The van der Waals surface area contributed by atoms with Crippen LogP contribution in [0.3, 0.4) is 0 Å². The number of benzene rings is 1. The van der Waals surface area contributed by atoms with E-state index in [0.717, 1.165) is 5.56 Å². The summed E-state index contributed by atoms with van der Waals surface area (Å²) in [5.74, 6) is -0.934. The predicted molar refractivity (Wildman–Crippen MR) is 135 cm³/mol. The van der Waals surface area contributed by atoms with Gasteiger partial charge in [-0.05, 0) is 41.2 Å². The van der Waals surface area contributed by atoms with E-state index in [9.17, 15) is 9.59 Å². The first-order valence-electron chi connectivity index (χ1n) is 11.3. The van der Waals surface area contributed by atoms with Crippen molar-refractivity contribution in [3.05, 3.63) is 56.8 Å². The first-order valence-corrected chi connectivity index (χ1v) is 14.2. The molecule has 0 saturated carbocycles. The Balaban J connectivity index is 2.67. The lowest BCUT2D eigenvalue weighted by atomic mass is 10.1. The zero-order valence-corrected chi connectivity index (χ0v) is 22.3. The Morgan fingerprint density at radius 3 is 2.40 bits per heavy atom. The van der Waals surface area contributed by atoms with Crippen LogP contribution >= 0.6 is 0 Å². The Bertz CT molecular complexity index is 925. The number of carbonyl (C=O) groups excluding carboxylic acids is 2. The molecule has 0 aliphatic carbocycles. The molecule has 1 N–H and O–H groups in total. The molecular weight excluding hydrogens is 468 g/mol. The van der Waals surface area contributed by atoms with Crippen molar-refractivity contribution in [1.82, 2.24) is 10.4 Å². The van der Waals surface area contributed by atoms with Crippen LogP contribution in [0.25, 0.3) is 20.9 Å². The predicted octanol–water partition coefficient (Wildman–Crippen LogP) is 4.85. The molecule has 0 fully saturated rings. The van der Waals surface area contributed by atoms with E-state index < -0.39 is 32.3 Å². The van der Waals surface area contributed by atoms with Gasteiger partial charge in [0.1, 0.15) is 13.2 Å². The lowest BCUT2D eigenvalue weighted by Gasteiger charge is -2.39. The molecule has 0 saturated heterocycles. The summed E-state index contributed by atoms with van der Waals surface area (Å²) in [6, 6.07) is 8.55. The van der Waals surface area contributed by atoms with E-state index in [1.807, 2.05) is 30.3 Å². The summed E-state index contributed by atoms with van der Waals surface area (Å²) < 4.78 is 11.6. The smallest absolute Gasteiger partial charge is 0.322 e. The van der Waals surface area contributed by atoms with Gasteiger partial charge in [0.2, 0.25) is 5.91 Å². The van der Waals surface area contributed by atoms with Gasteiger partial charge < -0.3 is 9.16 Å². The van der Waals surface area contributed by atoms with Crippen LogP contribution in [0.2, 0.25) is 18.1 Å². The third kappa shape index (κ3) is 11.7. The minimum absolute atomic E-state index is 0.0647. The largest absolute Gasteiger partial charge is 0.460 e. The molecule has 1 aromatic rings. The summed E-state index contributed by atoms with van der Waals surface area (Å²) in [6.07, 6.45) is -0.409. The Hall–Kier alpha value is -3.08. The van der Waals surface area contributed by atoms with Crippen LogP contribution in [0.5, 0.6) is 0 Å². The minimum Gasteiger partial charge on any atom is -0.460 e. The third-order valence-electron chi connectivity index (χ3n) is 5.71. The highest BCUT2D eigenvalue weighted by molar-refractivity contribution is 6.74. The molecule has 12 nitrogen and oxygen atoms in total. The fourth-order valence-electron chi connectivity index (χ4n) is 2.92. The average Bonchev–Trinajstić information content (AvgIpc) is 2.75. The molecule has 0 bridgehead atoms. The molecule has 0 aliphatic rings. The maximum Gasteiger partial charge on any atom is 0.322 e. The van der Waals surface area contributed by atoms with Crippen LogP contribution in [0.15, 0.2) is 40.6 Å². The second-order valence-corrected chi connectivity index (χ2v) is 14.5. The highest BCUT2D eigenvalue weighted by atomic mass is 28.4. The van der Waals surface area contributed by atoms with E-state index in [1.165, 1.54) is 12.1 Å². The average molecular weight is 505 g/mol. The number of nitrogens with one attached hydrogen (secondary N) is 1. The van der Waals surface area contributed by atoms with Crippen molar-refractivity contribution < 1.29 is 18.8 Å². The van der Waals surface area contributed by atoms with Crippen LogP contribution in [0.4, 0.5) is 0 Å². The SMILES string of the molecule is CN(CC(=O)OCc1ccccc1)NC(=O)C[C@@H](C[C@H](CN=[N+]=[N-])O[Si](C)(C)C(C)(C)C)N=[N+]=[N-]. The lowest BCUT2D eigenvalue weighted by molar-refractivity contribution is -0.147. The molecule has 1 rings (SSSR count). The molecule has 192 valence electrons. The number of azide groups is 2. The van der Waals surface area contributed by atoms with Crippen molar-refractivity contribution in [2.45, 2.75) is 70.5 Å². The lowest BCUT2D eigenvalue weighted by Crippen LogP contribution is -2.46. The fourth-order valence-corrected chi connectivity index (χ4v) is 4.28. The zero-order valence-electron chi connectivity index (χ0n) is 21.3. The van der Waals surface area contributed by atoms with E-state index in [4.69, 9.17) is 20.2 Å². The van der Waals surface area contributed by atoms with Crippen molar-refractivity contribution in [2.75, 3.05) is 20.1 Å². The quantitative estimate of drug-likeness (QED) is 0.0953. The van der Waals surface area contributed by atoms with Crippen molar-refractivity contribution in [1.29, 1.82) is 0 Å². The van der Waals surface area contributed by atoms with Gasteiger partial charge in [-0.1, -0.05) is 61.3 Å². The van der Waals surface area contributed by atoms with Crippen LogP contribution in [-0.4, -0.2) is 57.5 Å². The number of esters is 1. The molecule has 0 unspecified atom stereocenters. The number of hydrogen-bond donors (Lipinski definition) is 1. The van der Waals surface area contributed by atoms with Gasteiger partial charge in [0.05, 0.1) is 12.6 Å². The Morgan fingerprint density at radius 1 is 1.17 bits per heavy atom. The van der Waals surface area contributed by atoms with Crippen LogP contribution in [-0.2, 0) is 25.4 Å². The molecule has 13 heteroatoms. The topological polar surface area (TPSA) is 165 Å². The molecule has 0 heterocycles. The first kappa shape index (κ1) is 29.9. The maximum absolute atomic E-state index is 12.5. The number of ether oxygens (including phenoxy) is 1. The highest BCUT2D eigenvalue weighted by Gasteiger charge is 2.39. The van der Waals surface area contributed by atoms with Gasteiger partial charge in [0.15, 0.2) is 8.32 Å². The molecule has 0 aromatic heterocycles. The summed E-state index contributed by atoms with van der Waals surface area (Å²) in [6.45, 7) is 10.4. The van der Waals surface area contributed by atoms with Crippen LogP contribution in [0.1, 0.15) is 39.2 Å². The Labute approximate surface area is 207 Å². The summed E-state index contributed by atoms with van der Waals surface area (Å²) in [5.41, 5.74) is 21.2. The first-order chi connectivity index (χ1) is 16.4. The molecule has 35 heavy (non-hydrogen) atoms. The molecule has 0 radical (unpaired) electrons. The third-order valence-corrected chi connectivity index (χ3v) is 10.2. The van der Waals surface area contributed by atoms with E-state index >= 15 is 0 Å². The van der Waals surface area contributed by atoms with Crippen molar-refractivity contribution in [2.24, 2.45) is 10.2 Å². The van der Waals surface area contributed by atoms with E-state index in [2.05, 4.69) is 59.3 Å². The second-order valence-electron chi connectivity index (χ2n) is 9.75. The molecule has 0 spiro atoms. The van der Waals surface area contributed by atoms with Gasteiger partial charge in [-0.3, -0.25) is 15.0 Å². The number of likely N-dealkylation sites (N-methyl/N-ethyl adjacent to an activating group) is 1. The summed E-state index contributed by atoms with van der Waals surface area (Å²) in [7, 11) is -0.666. The summed E-state index contributed by atoms with van der Waals surface area (Å²) in [5, 5.41) is 8.61. The zero-order chi connectivity index (χ0) is 26.5. The standard InChI is InChI=1S/C22H36N8O4Si/c1-22(2,3)35(5,6)34-19(14-25-28-23)12-18(26-29-24)13-20(31)27-30(4)15-21(32)33-16-17-10-8-7-9-11-17/h7-11,18-19H,12-16H2,1-6H3,(H,27,31)/t18-,19-/m1/s1. The van der Waals surface area contributed by atoms with Gasteiger partial charge in [-0.25, -0.2) is 5.01 Å². The molecule has 0 aliphatic heterocycles. The molecule has 1 amide bonds. The van der Waals surface area contributed by atoms with Gasteiger partial charge in [-0.15, -0.1) is 0 Å². The van der Waals surface area contributed by atoms with Gasteiger partial charge in [0.25, 0.3) is 0 Å². The van der Waals surface area contributed by atoms with Gasteiger partial charge in [-0.2, -0.15) is 0 Å². The van der Waals surface area contributed by atoms with Crippen molar-refractivity contribution >= 4 is 20.2 Å². The Morgan fingerprint density at radius 2 is 1.83 bits per heavy atom. The minimum atomic E-state index is -2.20. The summed E-state index contributed by atoms with van der Waals surface area (Å²) >= 11 is 0. The van der Waals surface area contributed by atoms with Gasteiger partial charge in [0, 0.05) is 29.3 Å². The molecule has 1 aromatic carbocycles. The number of hydrazine groups is 1. The van der Waals surface area contributed by atoms with Crippen LogP contribution in [0, 0.1) is 0 Å². The van der Waals surface area contributed by atoms with E-state index in [0.29, 0.717) is 0 Å². The van der Waals surface area contributed by atoms with Crippen molar-refractivity contribution in [3.63, 3.8) is 0 Å². The number of rotatable bonds is 14. The normalized spacial score (nSPS) is 13.2. The number of hydrogen-bond acceptors (Lipinski definition) is 7. The second kappa shape index (κ2) is 14.3. The highest BCUT2D eigenvalue weighted by Crippen LogP contribution is 2.38. The fraction of sp³-hybridized carbons (Fsp3) is 0.636. The summed E-state index contributed by atoms with van der Waals surface area (Å²) in [4.78, 5) is 30.3. The van der Waals surface area contributed by atoms with Crippen LogP contribution < -0.4 is 5.43 Å². The van der Waals surface area contributed by atoms with Crippen molar-refractivity contribution in [3.8, 4) is 0 Å². The maximum atomic E-state index is 12.5. The van der Waals surface area contributed by atoms with E-state index in [1.54, 1.807) is 0 Å². The number of carbonyl (C=O) groups is 2. The molecular formula is C22H36N8O4Si. The molecule has 2 atom stereocenters. The van der Waals surface area contributed by atoms with Gasteiger partial charge >= 0.3 is 5.97 Å². The van der Waals surface area contributed by atoms with E-state index in [-0.39, 0.29) is 37.6 Å². The number of amides is 1.